The highest BCUT2D eigenvalue weighted by molar-refractivity contribution is 6.07. The summed E-state index contributed by atoms with van der Waals surface area (Å²) in [6, 6.07) is 6.13. The number of hydrogen-bond acceptors (Lipinski definition) is 3. The van der Waals surface area contributed by atoms with Crippen LogP contribution >= 0.6 is 0 Å². The third-order valence-corrected chi connectivity index (χ3v) is 6.21. The monoisotopic (exact) mass is 327 g/mol. The zero-order valence-corrected chi connectivity index (χ0v) is 14.1. The molecule has 4 heterocycles. The minimum absolute atomic E-state index is 0.150. The second kappa shape index (κ2) is 4.82. The number of aromatic nitrogens is 1. The summed E-state index contributed by atoms with van der Waals surface area (Å²) in [5.41, 5.74) is 1.76. The topological polar surface area (TPSA) is 29.8 Å². The van der Waals surface area contributed by atoms with Crippen LogP contribution < -0.4 is 0 Å². The zero-order chi connectivity index (χ0) is 16.5. The second-order valence-electron chi connectivity index (χ2n) is 7.68. The molecule has 5 heteroatoms. The first-order valence-corrected chi connectivity index (χ1v) is 8.75. The highest BCUT2D eigenvalue weighted by Crippen LogP contribution is 2.44. The molecule has 0 radical (unpaired) electrons. The van der Waals surface area contributed by atoms with E-state index in [-0.39, 0.29) is 11.4 Å². The Kier molecular flexibility index (Phi) is 2.90. The number of nitrogens with zero attached hydrogens (tertiary/aromatic N) is 3. The van der Waals surface area contributed by atoms with E-state index in [1.165, 1.54) is 18.9 Å². The Morgan fingerprint density at radius 1 is 1.21 bits per heavy atom. The van der Waals surface area contributed by atoms with E-state index < -0.39 is 0 Å². The lowest BCUT2D eigenvalue weighted by molar-refractivity contribution is -0.0114. The van der Waals surface area contributed by atoms with E-state index in [1.54, 1.807) is 6.07 Å². The molecule has 0 saturated carbocycles. The molecule has 2 aromatic rings. The van der Waals surface area contributed by atoms with Gasteiger partial charge in [-0.15, -0.1) is 0 Å². The van der Waals surface area contributed by atoms with Gasteiger partial charge in [-0.25, -0.2) is 9.38 Å². The first-order chi connectivity index (χ1) is 11.5. The van der Waals surface area contributed by atoms with Gasteiger partial charge in [0.15, 0.2) is 0 Å². The number of piperidine rings is 1. The first-order valence-electron chi connectivity index (χ1n) is 8.75. The average Bonchev–Trinajstić information content (AvgIpc) is 3.15. The summed E-state index contributed by atoms with van der Waals surface area (Å²) in [5, 5.41) is 0.879. The number of ether oxygens (including phenoxy) is 1. The van der Waals surface area contributed by atoms with Crippen molar-refractivity contribution in [1.82, 2.24) is 9.47 Å². The zero-order valence-electron chi connectivity index (χ0n) is 14.1. The Balaban J connectivity index is 1.49. The molecule has 24 heavy (non-hydrogen) atoms. The molecule has 3 aliphatic heterocycles. The third-order valence-electron chi connectivity index (χ3n) is 6.21. The number of aliphatic imine (C=N–C) groups is 1. The van der Waals surface area contributed by atoms with Gasteiger partial charge >= 0.3 is 0 Å². The summed E-state index contributed by atoms with van der Waals surface area (Å²) in [7, 11) is 4.21. The van der Waals surface area contributed by atoms with Crippen LogP contribution in [0, 0.1) is 5.82 Å². The maximum atomic E-state index is 13.7. The lowest BCUT2D eigenvalue weighted by Crippen LogP contribution is -2.51. The van der Waals surface area contributed by atoms with Crippen molar-refractivity contribution in [2.24, 2.45) is 12.0 Å². The number of aryl methyl sites for hydroxylation is 1. The maximum absolute atomic E-state index is 13.7. The summed E-state index contributed by atoms with van der Waals surface area (Å²) in [6.45, 7) is 0.731. The normalized spacial score (nSPS) is 32.5. The van der Waals surface area contributed by atoms with Crippen LogP contribution in [0.4, 0.5) is 4.39 Å². The lowest BCUT2D eigenvalue weighted by atomic mass is 9.86. The van der Waals surface area contributed by atoms with E-state index in [2.05, 4.69) is 11.9 Å². The van der Waals surface area contributed by atoms with Gasteiger partial charge in [0.05, 0.1) is 12.1 Å². The number of fused-ring (bicyclic) bond motifs is 3. The highest BCUT2D eigenvalue weighted by Gasteiger charge is 2.51. The molecule has 2 bridgehead atoms. The van der Waals surface area contributed by atoms with E-state index in [4.69, 9.17) is 9.73 Å². The van der Waals surface area contributed by atoms with Crippen LogP contribution in [0.2, 0.25) is 0 Å². The van der Waals surface area contributed by atoms with Gasteiger partial charge < -0.3 is 14.2 Å². The van der Waals surface area contributed by atoms with Crippen LogP contribution in [0.3, 0.4) is 0 Å². The van der Waals surface area contributed by atoms with Crippen LogP contribution in [-0.2, 0) is 11.8 Å². The van der Waals surface area contributed by atoms with Gasteiger partial charge in [0, 0.05) is 49.1 Å². The smallest absolute Gasteiger partial charge is 0.219 e. The molecule has 1 aromatic carbocycles. The summed E-state index contributed by atoms with van der Waals surface area (Å²) in [5.74, 6) is 0.468. The molecule has 2 fully saturated rings. The van der Waals surface area contributed by atoms with Gasteiger partial charge in [-0.2, -0.15) is 0 Å². The molecular weight excluding hydrogens is 305 g/mol. The molecule has 5 rings (SSSR count). The quantitative estimate of drug-likeness (QED) is 0.806. The van der Waals surface area contributed by atoms with Crippen LogP contribution in [0.1, 0.15) is 31.2 Å². The molecule has 1 aromatic heterocycles. The average molecular weight is 327 g/mol. The minimum atomic E-state index is -0.222. The van der Waals surface area contributed by atoms with Crippen molar-refractivity contribution in [3.63, 3.8) is 0 Å². The van der Waals surface area contributed by atoms with Crippen LogP contribution in [0.25, 0.3) is 10.9 Å². The third kappa shape index (κ3) is 1.97. The van der Waals surface area contributed by atoms with Crippen molar-refractivity contribution in [3.05, 3.63) is 35.8 Å². The first kappa shape index (κ1) is 14.5. The van der Waals surface area contributed by atoms with E-state index in [1.807, 2.05) is 23.9 Å². The van der Waals surface area contributed by atoms with Crippen molar-refractivity contribution in [1.29, 1.82) is 0 Å². The summed E-state index contributed by atoms with van der Waals surface area (Å²) in [6.07, 6.45) is 6.63. The summed E-state index contributed by atoms with van der Waals surface area (Å²) < 4.78 is 22.2. The number of rotatable bonds is 1. The Morgan fingerprint density at radius 2 is 1.96 bits per heavy atom. The molecule has 3 aliphatic rings. The van der Waals surface area contributed by atoms with Gasteiger partial charge in [-0.05, 0) is 38.1 Å². The largest absolute Gasteiger partial charge is 0.469 e. The van der Waals surface area contributed by atoms with Gasteiger partial charge in [0.2, 0.25) is 5.90 Å². The fourth-order valence-corrected chi connectivity index (χ4v) is 4.90. The van der Waals surface area contributed by atoms with Gasteiger partial charge in [0.1, 0.15) is 11.4 Å². The maximum Gasteiger partial charge on any atom is 0.219 e. The standard InChI is InChI=1S/C19H22FN3O/c1-22-10-16(15-7-12(20)3-6-17(15)22)18-21-11-19(24-18)8-13-4-5-14(9-19)23(13)2/h3,6-7,10,13-14H,4-5,8-9,11H2,1-2H3. The van der Waals surface area contributed by atoms with Crippen LogP contribution in [-0.4, -0.2) is 46.6 Å². The Morgan fingerprint density at radius 3 is 2.71 bits per heavy atom. The van der Waals surface area contributed by atoms with Crippen molar-refractivity contribution >= 4 is 16.8 Å². The molecule has 126 valence electrons. The molecule has 0 N–H and O–H groups in total. The fourth-order valence-electron chi connectivity index (χ4n) is 4.90. The number of benzene rings is 1. The molecule has 4 nitrogen and oxygen atoms in total. The fraction of sp³-hybridized carbons (Fsp3) is 0.526. The van der Waals surface area contributed by atoms with E-state index in [9.17, 15) is 4.39 Å². The predicted octanol–water partition coefficient (Wildman–Crippen LogP) is 3.09. The van der Waals surface area contributed by atoms with Crippen molar-refractivity contribution in [2.45, 2.75) is 43.4 Å². The van der Waals surface area contributed by atoms with E-state index in [0.717, 1.165) is 35.9 Å². The Bertz CT molecular complexity index is 842. The SMILES string of the molecule is CN1C2CCC1CC1(CN=C(c3cn(C)c4ccc(F)cc34)O1)C2. The molecule has 0 aliphatic carbocycles. The number of halogens is 1. The molecule has 2 atom stereocenters. The Labute approximate surface area is 140 Å². The van der Waals surface area contributed by atoms with Gasteiger partial charge in [-0.1, -0.05) is 0 Å². The summed E-state index contributed by atoms with van der Waals surface area (Å²) in [4.78, 5) is 7.25. The molecule has 2 saturated heterocycles. The van der Waals surface area contributed by atoms with Crippen molar-refractivity contribution in [2.75, 3.05) is 13.6 Å². The molecular formula is C19H22FN3O. The lowest BCUT2D eigenvalue weighted by Gasteiger charge is -2.42. The molecule has 2 unspecified atom stereocenters. The Hall–Kier alpha value is -1.88. The molecule has 0 amide bonds. The molecule has 1 spiro atoms. The summed E-state index contributed by atoms with van der Waals surface area (Å²) >= 11 is 0. The van der Waals surface area contributed by atoms with E-state index >= 15 is 0 Å². The van der Waals surface area contributed by atoms with Crippen molar-refractivity contribution in [3.8, 4) is 0 Å². The van der Waals surface area contributed by atoms with Crippen molar-refractivity contribution < 1.29 is 9.13 Å². The highest BCUT2D eigenvalue weighted by atomic mass is 19.1. The van der Waals surface area contributed by atoms with E-state index in [0.29, 0.717) is 18.0 Å². The second-order valence-corrected chi connectivity index (χ2v) is 7.68. The van der Waals surface area contributed by atoms with Crippen LogP contribution in [0.15, 0.2) is 29.4 Å². The van der Waals surface area contributed by atoms with Gasteiger partial charge in [0.25, 0.3) is 0 Å². The predicted molar refractivity (Wildman–Crippen MR) is 91.9 cm³/mol. The van der Waals surface area contributed by atoms with Crippen LogP contribution in [0.5, 0.6) is 0 Å². The van der Waals surface area contributed by atoms with Gasteiger partial charge in [-0.3, -0.25) is 0 Å². The number of hydrogen-bond donors (Lipinski definition) is 0. The minimum Gasteiger partial charge on any atom is -0.469 e.